The first-order chi connectivity index (χ1) is 5.79. The van der Waals surface area contributed by atoms with Gasteiger partial charge in [-0.3, -0.25) is 9.59 Å². The fourth-order valence-electron chi connectivity index (χ4n) is 2.54. The lowest BCUT2D eigenvalue weighted by Crippen LogP contribution is -2.36. The Balaban J connectivity index is 2.16. The molecular formula is C10H14O2. The second-order valence-corrected chi connectivity index (χ2v) is 3.93. The van der Waals surface area contributed by atoms with Crippen molar-refractivity contribution in [2.75, 3.05) is 0 Å². The van der Waals surface area contributed by atoms with E-state index in [1.807, 2.05) is 0 Å². The standard InChI is InChI=1S/C10H14O2/c11-9-5-1-3-7-8(9)4-2-6-10(7)12/h7-8H,1-6H2/t7-,8-/m0/s1. The molecule has 2 heteroatoms. The Morgan fingerprint density at radius 2 is 1.25 bits per heavy atom. The van der Waals surface area contributed by atoms with Crippen LogP contribution < -0.4 is 0 Å². The maximum absolute atomic E-state index is 11.4. The van der Waals surface area contributed by atoms with Crippen molar-refractivity contribution in [3.63, 3.8) is 0 Å². The van der Waals surface area contributed by atoms with Crippen molar-refractivity contribution in [3.05, 3.63) is 0 Å². The number of fused-ring (bicyclic) bond motifs is 1. The van der Waals surface area contributed by atoms with Gasteiger partial charge in [-0.25, -0.2) is 0 Å². The first kappa shape index (κ1) is 7.96. The summed E-state index contributed by atoms with van der Waals surface area (Å²) in [6.45, 7) is 0. The number of Topliss-reactive ketones (excluding diaryl/α,β-unsaturated/α-hetero) is 2. The fraction of sp³-hybridized carbons (Fsp3) is 0.800. The summed E-state index contributed by atoms with van der Waals surface area (Å²) in [6.07, 6.45) is 5.24. The molecule has 0 saturated heterocycles. The molecule has 0 aromatic carbocycles. The molecule has 2 aliphatic carbocycles. The highest BCUT2D eigenvalue weighted by Gasteiger charge is 2.38. The lowest BCUT2D eigenvalue weighted by atomic mass is 9.69. The Kier molecular flexibility index (Phi) is 1.99. The molecule has 12 heavy (non-hydrogen) atoms. The summed E-state index contributed by atoms with van der Waals surface area (Å²) >= 11 is 0. The molecule has 0 radical (unpaired) electrons. The van der Waals surface area contributed by atoms with Crippen molar-refractivity contribution in [3.8, 4) is 0 Å². The summed E-state index contributed by atoms with van der Waals surface area (Å²) in [4.78, 5) is 22.8. The third kappa shape index (κ3) is 1.19. The average Bonchev–Trinajstić information content (AvgIpc) is 2.07. The summed E-state index contributed by atoms with van der Waals surface area (Å²) in [5.74, 6) is 0.915. The molecule has 0 aromatic heterocycles. The molecule has 2 atom stereocenters. The molecule has 0 bridgehead atoms. The van der Waals surface area contributed by atoms with Gasteiger partial charge in [-0.2, -0.15) is 0 Å². The Labute approximate surface area is 72.3 Å². The quantitative estimate of drug-likeness (QED) is 0.549. The predicted molar refractivity (Wildman–Crippen MR) is 44.7 cm³/mol. The van der Waals surface area contributed by atoms with E-state index in [-0.39, 0.29) is 11.8 Å². The van der Waals surface area contributed by atoms with E-state index in [2.05, 4.69) is 0 Å². The van der Waals surface area contributed by atoms with Crippen LogP contribution in [0.3, 0.4) is 0 Å². The SMILES string of the molecule is O=C1CCC[C@@H]2C(=O)CCC[C@H]12. The highest BCUT2D eigenvalue weighted by Crippen LogP contribution is 2.36. The summed E-state index contributed by atoms with van der Waals surface area (Å²) < 4.78 is 0. The van der Waals surface area contributed by atoms with Gasteiger partial charge in [0.1, 0.15) is 11.6 Å². The van der Waals surface area contributed by atoms with Gasteiger partial charge in [0.25, 0.3) is 0 Å². The van der Waals surface area contributed by atoms with Gasteiger partial charge in [0.05, 0.1) is 0 Å². The predicted octanol–water partition coefficient (Wildman–Crippen LogP) is 1.72. The zero-order valence-electron chi connectivity index (χ0n) is 7.21. The van der Waals surface area contributed by atoms with E-state index < -0.39 is 0 Å². The van der Waals surface area contributed by atoms with Gasteiger partial charge in [-0.1, -0.05) is 0 Å². The van der Waals surface area contributed by atoms with E-state index in [9.17, 15) is 9.59 Å². The van der Waals surface area contributed by atoms with Crippen molar-refractivity contribution in [2.45, 2.75) is 38.5 Å². The number of carbonyl (C=O) groups is 2. The molecule has 2 fully saturated rings. The van der Waals surface area contributed by atoms with Gasteiger partial charge in [0.2, 0.25) is 0 Å². The largest absolute Gasteiger partial charge is 0.299 e. The van der Waals surface area contributed by atoms with E-state index in [1.165, 1.54) is 0 Å². The van der Waals surface area contributed by atoms with E-state index in [0.717, 1.165) is 25.7 Å². The van der Waals surface area contributed by atoms with E-state index in [4.69, 9.17) is 0 Å². The normalized spacial score (nSPS) is 36.3. The van der Waals surface area contributed by atoms with Crippen LogP contribution in [0.2, 0.25) is 0 Å². The number of ketones is 2. The second-order valence-electron chi connectivity index (χ2n) is 3.93. The maximum atomic E-state index is 11.4. The summed E-state index contributed by atoms with van der Waals surface area (Å²) in [7, 11) is 0. The van der Waals surface area contributed by atoms with Crippen LogP contribution in [0, 0.1) is 11.8 Å². The highest BCUT2D eigenvalue weighted by atomic mass is 16.1. The number of carbonyl (C=O) groups excluding carboxylic acids is 2. The lowest BCUT2D eigenvalue weighted by Gasteiger charge is -2.32. The van der Waals surface area contributed by atoms with Gasteiger partial charge in [-0.15, -0.1) is 0 Å². The zero-order chi connectivity index (χ0) is 8.55. The van der Waals surface area contributed by atoms with Crippen LogP contribution in [-0.2, 0) is 9.59 Å². The molecule has 0 aliphatic heterocycles. The molecule has 0 unspecified atom stereocenters. The van der Waals surface area contributed by atoms with Gasteiger partial charge in [0, 0.05) is 24.7 Å². The fourth-order valence-corrected chi connectivity index (χ4v) is 2.54. The summed E-state index contributed by atoms with van der Waals surface area (Å²) in [5.41, 5.74) is 0. The smallest absolute Gasteiger partial charge is 0.136 e. The Hall–Kier alpha value is -0.660. The van der Waals surface area contributed by atoms with Crippen molar-refractivity contribution < 1.29 is 9.59 Å². The van der Waals surface area contributed by atoms with Gasteiger partial charge in [0.15, 0.2) is 0 Å². The Morgan fingerprint density at radius 3 is 1.67 bits per heavy atom. The third-order valence-corrected chi connectivity index (χ3v) is 3.19. The monoisotopic (exact) mass is 166 g/mol. The van der Waals surface area contributed by atoms with Gasteiger partial charge in [-0.05, 0) is 25.7 Å². The third-order valence-electron chi connectivity index (χ3n) is 3.19. The second kappa shape index (κ2) is 3.00. The molecule has 2 saturated carbocycles. The Morgan fingerprint density at radius 1 is 0.833 bits per heavy atom. The summed E-state index contributed by atoms with van der Waals surface area (Å²) in [6, 6.07) is 0. The van der Waals surface area contributed by atoms with Gasteiger partial charge < -0.3 is 0 Å². The van der Waals surface area contributed by atoms with Crippen LogP contribution in [0.25, 0.3) is 0 Å². The highest BCUT2D eigenvalue weighted by molar-refractivity contribution is 5.91. The number of hydrogen-bond donors (Lipinski definition) is 0. The molecule has 0 heterocycles. The first-order valence-corrected chi connectivity index (χ1v) is 4.84. The molecule has 66 valence electrons. The average molecular weight is 166 g/mol. The first-order valence-electron chi connectivity index (χ1n) is 4.84. The van der Waals surface area contributed by atoms with Crippen molar-refractivity contribution in [1.82, 2.24) is 0 Å². The number of rotatable bonds is 0. The minimum atomic E-state index is 0.111. The van der Waals surface area contributed by atoms with Crippen molar-refractivity contribution >= 4 is 11.6 Å². The zero-order valence-corrected chi connectivity index (χ0v) is 7.21. The van der Waals surface area contributed by atoms with Crippen molar-refractivity contribution in [1.29, 1.82) is 0 Å². The molecule has 2 rings (SSSR count). The maximum Gasteiger partial charge on any atom is 0.136 e. The molecule has 0 spiro atoms. The number of hydrogen-bond acceptors (Lipinski definition) is 2. The van der Waals surface area contributed by atoms with Crippen LogP contribution in [0.1, 0.15) is 38.5 Å². The summed E-state index contributed by atoms with van der Waals surface area (Å²) in [5, 5.41) is 0. The molecule has 0 N–H and O–H groups in total. The van der Waals surface area contributed by atoms with Crippen LogP contribution >= 0.6 is 0 Å². The minimum Gasteiger partial charge on any atom is -0.299 e. The molecule has 2 nitrogen and oxygen atoms in total. The van der Waals surface area contributed by atoms with Crippen LogP contribution in [0.15, 0.2) is 0 Å². The minimum absolute atomic E-state index is 0.111. The van der Waals surface area contributed by atoms with Crippen LogP contribution in [0.5, 0.6) is 0 Å². The lowest BCUT2D eigenvalue weighted by molar-refractivity contribution is -0.137. The molecular weight excluding hydrogens is 152 g/mol. The topological polar surface area (TPSA) is 34.1 Å². The van der Waals surface area contributed by atoms with E-state index >= 15 is 0 Å². The molecule has 2 aliphatic rings. The van der Waals surface area contributed by atoms with E-state index in [0.29, 0.717) is 24.4 Å². The van der Waals surface area contributed by atoms with Crippen LogP contribution in [0.4, 0.5) is 0 Å². The van der Waals surface area contributed by atoms with Crippen LogP contribution in [-0.4, -0.2) is 11.6 Å². The Bertz CT molecular complexity index is 196. The molecule has 0 amide bonds. The van der Waals surface area contributed by atoms with Gasteiger partial charge >= 0.3 is 0 Å². The van der Waals surface area contributed by atoms with E-state index in [1.54, 1.807) is 0 Å². The molecule has 0 aromatic rings. The van der Waals surface area contributed by atoms with Crippen molar-refractivity contribution in [2.24, 2.45) is 11.8 Å².